The van der Waals surface area contributed by atoms with Gasteiger partial charge in [0.05, 0.1) is 4.91 Å². The number of imide groups is 1. The zero-order valence-electron chi connectivity index (χ0n) is 12.9. The molecule has 0 atom stereocenters. The van der Waals surface area contributed by atoms with Gasteiger partial charge in [-0.05, 0) is 41.6 Å². The molecule has 0 radical (unpaired) electrons. The topological polar surface area (TPSA) is 66.5 Å². The second-order valence-corrected chi connectivity index (χ2v) is 6.60. The third-order valence-corrected chi connectivity index (χ3v) is 4.68. The van der Waals surface area contributed by atoms with Gasteiger partial charge in [0.1, 0.15) is 6.54 Å². The zero-order valence-corrected chi connectivity index (χ0v) is 14.5. The molecule has 0 bridgehead atoms. The number of para-hydroxylation sites is 1. The van der Waals surface area contributed by atoms with Crippen molar-refractivity contribution in [1.82, 2.24) is 4.90 Å². The molecule has 3 amide bonds. The maximum atomic E-state index is 12.4. The number of halogens is 1. The summed E-state index contributed by atoms with van der Waals surface area (Å²) >= 11 is 6.86. The highest BCUT2D eigenvalue weighted by Crippen LogP contribution is 2.33. The first-order valence-electron chi connectivity index (χ1n) is 7.39. The molecule has 1 saturated heterocycles. The second-order valence-electron chi connectivity index (χ2n) is 5.20. The summed E-state index contributed by atoms with van der Waals surface area (Å²) in [6.07, 6.45) is 1.56. The standard InChI is InChI=1S/C18H13ClN2O3S/c19-14-9-5-4-6-12(14)10-15-17(23)21(18(24)25-15)11-16(22)20-13-7-2-1-3-8-13/h1-10H,11H2,(H,20,22)/b15-10+. The lowest BCUT2D eigenvalue weighted by atomic mass is 10.2. The largest absolute Gasteiger partial charge is 0.325 e. The summed E-state index contributed by atoms with van der Waals surface area (Å²) < 4.78 is 0. The van der Waals surface area contributed by atoms with Crippen LogP contribution < -0.4 is 5.32 Å². The Balaban J connectivity index is 1.71. The van der Waals surface area contributed by atoms with Gasteiger partial charge in [-0.3, -0.25) is 19.3 Å². The molecule has 25 heavy (non-hydrogen) atoms. The molecule has 0 spiro atoms. The number of amides is 3. The molecule has 1 heterocycles. The Morgan fingerprint density at radius 1 is 1.08 bits per heavy atom. The molecule has 1 aliphatic heterocycles. The first-order valence-corrected chi connectivity index (χ1v) is 8.59. The Morgan fingerprint density at radius 3 is 2.48 bits per heavy atom. The molecule has 7 heteroatoms. The smallest absolute Gasteiger partial charge is 0.294 e. The first-order chi connectivity index (χ1) is 12.0. The van der Waals surface area contributed by atoms with Gasteiger partial charge in [0.25, 0.3) is 11.1 Å². The quantitative estimate of drug-likeness (QED) is 0.823. The molecule has 0 aromatic heterocycles. The highest BCUT2D eigenvalue weighted by Gasteiger charge is 2.36. The van der Waals surface area contributed by atoms with Crippen LogP contribution in [-0.2, 0) is 9.59 Å². The SMILES string of the molecule is O=C(CN1C(=O)S/C(=C/c2ccccc2Cl)C1=O)Nc1ccccc1. The summed E-state index contributed by atoms with van der Waals surface area (Å²) in [5, 5.41) is 2.65. The van der Waals surface area contributed by atoms with Gasteiger partial charge in [-0.15, -0.1) is 0 Å². The molecule has 2 aromatic carbocycles. The van der Waals surface area contributed by atoms with Crippen LogP contribution in [0.3, 0.4) is 0 Å². The van der Waals surface area contributed by atoms with E-state index in [1.165, 1.54) is 0 Å². The third kappa shape index (κ3) is 4.10. The lowest BCUT2D eigenvalue weighted by Gasteiger charge is -2.12. The fourth-order valence-electron chi connectivity index (χ4n) is 2.24. The van der Waals surface area contributed by atoms with E-state index in [4.69, 9.17) is 11.6 Å². The van der Waals surface area contributed by atoms with E-state index in [1.54, 1.807) is 54.6 Å². The Bertz CT molecular complexity index is 868. The van der Waals surface area contributed by atoms with Crippen LogP contribution in [0.4, 0.5) is 10.5 Å². The van der Waals surface area contributed by atoms with Crippen LogP contribution in [0.1, 0.15) is 5.56 Å². The number of carbonyl (C=O) groups is 3. The molecule has 1 aliphatic rings. The van der Waals surface area contributed by atoms with Gasteiger partial charge >= 0.3 is 0 Å². The summed E-state index contributed by atoms with van der Waals surface area (Å²) in [4.78, 5) is 37.7. The Kier molecular flexibility index (Phi) is 5.21. The highest BCUT2D eigenvalue weighted by atomic mass is 35.5. The number of nitrogens with zero attached hydrogens (tertiary/aromatic N) is 1. The minimum atomic E-state index is -0.502. The Hall–Kier alpha value is -2.57. The maximum Gasteiger partial charge on any atom is 0.294 e. The number of rotatable bonds is 4. The van der Waals surface area contributed by atoms with E-state index in [9.17, 15) is 14.4 Å². The lowest BCUT2D eigenvalue weighted by Crippen LogP contribution is -2.36. The van der Waals surface area contributed by atoms with Crippen molar-refractivity contribution in [3.8, 4) is 0 Å². The zero-order chi connectivity index (χ0) is 17.8. The van der Waals surface area contributed by atoms with Crippen LogP contribution in [0, 0.1) is 0 Å². The number of anilines is 1. The van der Waals surface area contributed by atoms with E-state index in [0.717, 1.165) is 16.7 Å². The van der Waals surface area contributed by atoms with Crippen molar-refractivity contribution in [1.29, 1.82) is 0 Å². The molecular formula is C18H13ClN2O3S. The second kappa shape index (κ2) is 7.55. The molecule has 1 N–H and O–H groups in total. The molecular weight excluding hydrogens is 360 g/mol. The van der Waals surface area contributed by atoms with Crippen molar-refractivity contribution < 1.29 is 14.4 Å². The maximum absolute atomic E-state index is 12.4. The molecule has 3 rings (SSSR count). The van der Waals surface area contributed by atoms with Crippen molar-refractivity contribution in [2.24, 2.45) is 0 Å². The number of carbonyl (C=O) groups excluding carboxylic acids is 3. The minimum Gasteiger partial charge on any atom is -0.325 e. The number of hydrogen-bond donors (Lipinski definition) is 1. The predicted octanol–water partition coefficient (Wildman–Crippen LogP) is 4.02. The van der Waals surface area contributed by atoms with Gasteiger partial charge in [0.15, 0.2) is 0 Å². The molecule has 2 aromatic rings. The average Bonchev–Trinajstić information content (AvgIpc) is 2.85. The number of thioether (sulfide) groups is 1. The van der Waals surface area contributed by atoms with Crippen molar-refractivity contribution in [2.75, 3.05) is 11.9 Å². The van der Waals surface area contributed by atoms with Crippen LogP contribution in [-0.4, -0.2) is 28.5 Å². The first kappa shape index (κ1) is 17.3. The van der Waals surface area contributed by atoms with E-state index in [2.05, 4.69) is 5.32 Å². The summed E-state index contributed by atoms with van der Waals surface area (Å²) in [5.74, 6) is -0.939. The number of benzene rings is 2. The van der Waals surface area contributed by atoms with Crippen LogP contribution in [0.25, 0.3) is 6.08 Å². The van der Waals surface area contributed by atoms with Crippen LogP contribution in [0.15, 0.2) is 59.5 Å². The molecule has 126 valence electrons. The fourth-order valence-corrected chi connectivity index (χ4v) is 3.25. The predicted molar refractivity (Wildman–Crippen MR) is 99.2 cm³/mol. The van der Waals surface area contributed by atoms with E-state index in [0.29, 0.717) is 16.3 Å². The summed E-state index contributed by atoms with van der Waals surface area (Å²) in [6.45, 7) is -0.334. The van der Waals surface area contributed by atoms with Gasteiger partial charge in [-0.2, -0.15) is 0 Å². The van der Waals surface area contributed by atoms with Gasteiger partial charge in [0.2, 0.25) is 5.91 Å². The van der Waals surface area contributed by atoms with E-state index in [1.807, 2.05) is 6.07 Å². The minimum absolute atomic E-state index is 0.241. The Morgan fingerprint density at radius 2 is 1.76 bits per heavy atom. The Labute approximate surface area is 153 Å². The van der Waals surface area contributed by atoms with Crippen LogP contribution in [0.2, 0.25) is 5.02 Å². The van der Waals surface area contributed by atoms with E-state index >= 15 is 0 Å². The summed E-state index contributed by atoms with van der Waals surface area (Å²) in [5.41, 5.74) is 1.24. The van der Waals surface area contributed by atoms with Gasteiger partial charge in [0, 0.05) is 10.7 Å². The number of hydrogen-bond acceptors (Lipinski definition) is 4. The van der Waals surface area contributed by atoms with E-state index in [-0.39, 0.29) is 11.4 Å². The van der Waals surface area contributed by atoms with Crippen LogP contribution in [0.5, 0.6) is 0 Å². The third-order valence-electron chi connectivity index (χ3n) is 3.42. The van der Waals surface area contributed by atoms with Gasteiger partial charge < -0.3 is 5.32 Å². The normalized spacial score (nSPS) is 15.7. The van der Waals surface area contributed by atoms with Gasteiger partial charge in [-0.1, -0.05) is 48.0 Å². The molecule has 0 unspecified atom stereocenters. The fraction of sp³-hybridized carbons (Fsp3) is 0.0556. The number of nitrogens with one attached hydrogen (secondary N) is 1. The highest BCUT2D eigenvalue weighted by molar-refractivity contribution is 8.18. The average molecular weight is 373 g/mol. The van der Waals surface area contributed by atoms with Crippen LogP contribution >= 0.6 is 23.4 Å². The molecule has 1 fully saturated rings. The lowest BCUT2D eigenvalue weighted by molar-refractivity contribution is -0.127. The summed E-state index contributed by atoms with van der Waals surface area (Å²) in [6, 6.07) is 15.8. The van der Waals surface area contributed by atoms with Gasteiger partial charge in [-0.25, -0.2) is 0 Å². The van der Waals surface area contributed by atoms with Crippen molar-refractivity contribution in [2.45, 2.75) is 0 Å². The van der Waals surface area contributed by atoms with E-state index < -0.39 is 17.1 Å². The van der Waals surface area contributed by atoms with Crippen molar-refractivity contribution in [3.63, 3.8) is 0 Å². The van der Waals surface area contributed by atoms with Crippen molar-refractivity contribution >= 4 is 52.2 Å². The molecule has 0 aliphatic carbocycles. The molecule has 0 saturated carbocycles. The monoisotopic (exact) mass is 372 g/mol. The summed E-state index contributed by atoms with van der Waals surface area (Å²) in [7, 11) is 0. The van der Waals surface area contributed by atoms with Crippen molar-refractivity contribution in [3.05, 3.63) is 70.1 Å². The molecule has 5 nitrogen and oxygen atoms in total.